The molecule has 0 aliphatic heterocycles. The van der Waals surface area contributed by atoms with Gasteiger partial charge in [0.05, 0.1) is 13.7 Å². The summed E-state index contributed by atoms with van der Waals surface area (Å²) >= 11 is 3.19. The molecule has 0 saturated heterocycles. The molecule has 0 amide bonds. The van der Waals surface area contributed by atoms with Crippen LogP contribution in [0.5, 0.6) is 5.75 Å². The van der Waals surface area contributed by atoms with Crippen molar-refractivity contribution in [3.8, 4) is 5.75 Å². The second-order valence-corrected chi connectivity index (χ2v) is 4.97. The van der Waals surface area contributed by atoms with Crippen molar-refractivity contribution in [3.05, 3.63) is 50.6 Å². The van der Waals surface area contributed by atoms with Crippen LogP contribution in [0.15, 0.2) is 33.7 Å². The maximum absolute atomic E-state index is 12.1. The lowest BCUT2D eigenvalue weighted by atomic mass is 10.1. The lowest BCUT2D eigenvalue weighted by molar-refractivity contribution is 0.408. The quantitative estimate of drug-likeness (QED) is 0.876. The van der Waals surface area contributed by atoms with E-state index in [0.29, 0.717) is 28.3 Å². The van der Waals surface area contributed by atoms with Gasteiger partial charge in [-0.3, -0.25) is 9.36 Å². The zero-order valence-electron chi connectivity index (χ0n) is 10.7. The molecule has 0 unspecified atom stereocenters. The van der Waals surface area contributed by atoms with Crippen molar-refractivity contribution < 1.29 is 4.74 Å². The first-order valence-corrected chi connectivity index (χ1v) is 6.46. The molecule has 2 N–H and O–H groups in total. The standard InChI is InChI=1S/C13H14BrN3O2/c1-8-16-6-11(14)13(18)17(8)7-9-5-10(15)3-4-12(9)19-2/h3-6H,7,15H2,1-2H3. The van der Waals surface area contributed by atoms with E-state index in [0.717, 1.165) is 5.56 Å². The Kier molecular flexibility index (Phi) is 3.90. The highest BCUT2D eigenvalue weighted by Gasteiger charge is 2.10. The van der Waals surface area contributed by atoms with E-state index in [1.54, 1.807) is 36.8 Å². The van der Waals surface area contributed by atoms with E-state index in [2.05, 4.69) is 20.9 Å². The molecule has 0 spiro atoms. The Hall–Kier alpha value is -1.82. The SMILES string of the molecule is COc1ccc(N)cc1Cn1c(C)ncc(Br)c1=O. The van der Waals surface area contributed by atoms with Crippen LogP contribution in [0.25, 0.3) is 0 Å². The third-order valence-electron chi connectivity index (χ3n) is 2.84. The smallest absolute Gasteiger partial charge is 0.268 e. The van der Waals surface area contributed by atoms with Gasteiger partial charge in [-0.25, -0.2) is 4.98 Å². The molecular formula is C13H14BrN3O2. The number of nitrogen functional groups attached to an aromatic ring is 1. The van der Waals surface area contributed by atoms with E-state index < -0.39 is 0 Å². The lowest BCUT2D eigenvalue weighted by Crippen LogP contribution is -2.24. The molecule has 0 saturated carbocycles. The molecule has 2 rings (SSSR count). The van der Waals surface area contributed by atoms with Crippen molar-refractivity contribution in [2.45, 2.75) is 13.5 Å². The van der Waals surface area contributed by atoms with Crippen LogP contribution in [0.2, 0.25) is 0 Å². The van der Waals surface area contributed by atoms with Crippen LogP contribution in [0, 0.1) is 6.92 Å². The number of nitrogens with two attached hydrogens (primary N) is 1. The summed E-state index contributed by atoms with van der Waals surface area (Å²) in [6, 6.07) is 5.35. The molecule has 5 nitrogen and oxygen atoms in total. The number of rotatable bonds is 3. The number of hydrogen-bond acceptors (Lipinski definition) is 4. The third-order valence-corrected chi connectivity index (χ3v) is 3.38. The van der Waals surface area contributed by atoms with Crippen molar-refractivity contribution in [2.24, 2.45) is 0 Å². The Morgan fingerprint density at radius 3 is 2.89 bits per heavy atom. The van der Waals surface area contributed by atoms with Gasteiger partial charge in [-0.15, -0.1) is 0 Å². The van der Waals surface area contributed by atoms with Crippen LogP contribution in [-0.2, 0) is 6.54 Å². The minimum atomic E-state index is -0.128. The number of aryl methyl sites for hydroxylation is 1. The molecule has 2 aromatic rings. The van der Waals surface area contributed by atoms with E-state index in [1.165, 1.54) is 6.20 Å². The molecule has 1 aromatic heterocycles. The Morgan fingerprint density at radius 2 is 2.21 bits per heavy atom. The molecule has 0 aliphatic carbocycles. The number of methoxy groups -OCH3 is 1. The highest BCUT2D eigenvalue weighted by Crippen LogP contribution is 2.22. The van der Waals surface area contributed by atoms with Crippen molar-refractivity contribution in [2.75, 3.05) is 12.8 Å². The maximum atomic E-state index is 12.1. The summed E-state index contributed by atoms with van der Waals surface area (Å²) in [5.41, 5.74) is 7.12. The first-order valence-electron chi connectivity index (χ1n) is 5.67. The van der Waals surface area contributed by atoms with E-state index in [1.807, 2.05) is 0 Å². The summed E-state index contributed by atoms with van der Waals surface area (Å²) in [5, 5.41) is 0. The third kappa shape index (κ3) is 2.78. The summed E-state index contributed by atoms with van der Waals surface area (Å²) < 4.78 is 7.28. The van der Waals surface area contributed by atoms with Gasteiger partial charge in [0.2, 0.25) is 0 Å². The number of nitrogens with zero attached hydrogens (tertiary/aromatic N) is 2. The van der Waals surface area contributed by atoms with Crippen LogP contribution in [0.3, 0.4) is 0 Å². The number of hydrogen-bond donors (Lipinski definition) is 1. The predicted molar refractivity (Wildman–Crippen MR) is 77.4 cm³/mol. The van der Waals surface area contributed by atoms with E-state index in [-0.39, 0.29) is 5.56 Å². The molecule has 0 radical (unpaired) electrons. The molecule has 0 fully saturated rings. The van der Waals surface area contributed by atoms with Gasteiger partial charge in [-0.2, -0.15) is 0 Å². The minimum absolute atomic E-state index is 0.128. The Morgan fingerprint density at radius 1 is 1.47 bits per heavy atom. The highest BCUT2D eigenvalue weighted by molar-refractivity contribution is 9.10. The van der Waals surface area contributed by atoms with E-state index in [4.69, 9.17) is 10.5 Å². The Bertz CT molecular complexity index is 667. The molecule has 1 aromatic carbocycles. The molecule has 100 valence electrons. The van der Waals surface area contributed by atoms with Crippen LogP contribution in [0.4, 0.5) is 5.69 Å². The molecule has 0 atom stereocenters. The second kappa shape index (κ2) is 5.44. The fourth-order valence-electron chi connectivity index (χ4n) is 1.83. The number of anilines is 1. The summed E-state index contributed by atoms with van der Waals surface area (Å²) in [6.45, 7) is 2.15. The van der Waals surface area contributed by atoms with Crippen LogP contribution >= 0.6 is 15.9 Å². The van der Waals surface area contributed by atoms with Gasteiger partial charge in [-0.05, 0) is 41.1 Å². The summed E-state index contributed by atoms with van der Waals surface area (Å²) in [5.74, 6) is 1.33. The van der Waals surface area contributed by atoms with Gasteiger partial charge in [0, 0.05) is 17.4 Å². The first kappa shape index (κ1) is 13.6. The molecule has 6 heteroatoms. The highest BCUT2D eigenvalue weighted by atomic mass is 79.9. The predicted octanol–water partition coefficient (Wildman–Crippen LogP) is 1.95. The van der Waals surface area contributed by atoms with Crippen LogP contribution in [0.1, 0.15) is 11.4 Å². The number of halogens is 1. The van der Waals surface area contributed by atoms with E-state index in [9.17, 15) is 4.79 Å². The average molecular weight is 324 g/mol. The monoisotopic (exact) mass is 323 g/mol. The molecule has 0 bridgehead atoms. The first-order chi connectivity index (χ1) is 9.02. The molecule has 0 aliphatic rings. The molecular weight excluding hydrogens is 310 g/mol. The second-order valence-electron chi connectivity index (χ2n) is 4.12. The largest absolute Gasteiger partial charge is 0.496 e. The fraction of sp³-hybridized carbons (Fsp3) is 0.231. The average Bonchev–Trinajstić information content (AvgIpc) is 2.39. The summed E-state index contributed by atoms with van der Waals surface area (Å²) in [6.07, 6.45) is 1.50. The topological polar surface area (TPSA) is 70.1 Å². The molecule has 1 heterocycles. The minimum Gasteiger partial charge on any atom is -0.496 e. The van der Waals surface area contributed by atoms with Gasteiger partial charge in [0.25, 0.3) is 5.56 Å². The van der Waals surface area contributed by atoms with E-state index >= 15 is 0 Å². The van der Waals surface area contributed by atoms with Crippen molar-refractivity contribution in [3.63, 3.8) is 0 Å². The number of ether oxygens (including phenoxy) is 1. The number of aromatic nitrogens is 2. The lowest BCUT2D eigenvalue weighted by Gasteiger charge is -2.13. The maximum Gasteiger partial charge on any atom is 0.268 e. The van der Waals surface area contributed by atoms with Gasteiger partial charge < -0.3 is 10.5 Å². The molecule has 19 heavy (non-hydrogen) atoms. The fourth-order valence-corrected chi connectivity index (χ4v) is 2.15. The Labute approximate surface area is 119 Å². The summed E-state index contributed by atoms with van der Waals surface area (Å²) in [4.78, 5) is 16.2. The normalized spacial score (nSPS) is 10.5. The van der Waals surface area contributed by atoms with Gasteiger partial charge in [0.1, 0.15) is 16.0 Å². The zero-order chi connectivity index (χ0) is 14.0. The zero-order valence-corrected chi connectivity index (χ0v) is 12.3. The van der Waals surface area contributed by atoms with Crippen LogP contribution in [-0.4, -0.2) is 16.7 Å². The van der Waals surface area contributed by atoms with Gasteiger partial charge in [0.15, 0.2) is 0 Å². The van der Waals surface area contributed by atoms with Gasteiger partial charge in [-0.1, -0.05) is 0 Å². The van der Waals surface area contributed by atoms with Crippen molar-refractivity contribution >= 4 is 21.6 Å². The van der Waals surface area contributed by atoms with Crippen LogP contribution < -0.4 is 16.0 Å². The van der Waals surface area contributed by atoms with Crippen molar-refractivity contribution in [1.82, 2.24) is 9.55 Å². The number of benzene rings is 1. The van der Waals surface area contributed by atoms with Gasteiger partial charge >= 0.3 is 0 Å². The Balaban J connectivity index is 2.50. The van der Waals surface area contributed by atoms with Crippen molar-refractivity contribution in [1.29, 1.82) is 0 Å². The summed E-state index contributed by atoms with van der Waals surface area (Å²) in [7, 11) is 1.59.